The molecule has 0 radical (unpaired) electrons. The van der Waals surface area contributed by atoms with Gasteiger partial charge in [0.05, 0.1) is 10.6 Å². The zero-order valence-electron chi connectivity index (χ0n) is 11.5. The third-order valence-corrected chi connectivity index (χ3v) is 2.98. The van der Waals surface area contributed by atoms with Crippen LogP contribution in [0.25, 0.3) is 11.3 Å². The van der Waals surface area contributed by atoms with Crippen molar-refractivity contribution in [1.29, 1.82) is 0 Å². The fourth-order valence-electron chi connectivity index (χ4n) is 1.88. The second-order valence-corrected chi connectivity index (χ2v) is 4.62. The first-order chi connectivity index (χ1) is 9.61. The number of benzene rings is 1. The highest BCUT2D eigenvalue weighted by Gasteiger charge is 2.14. The van der Waals surface area contributed by atoms with Crippen molar-refractivity contribution < 1.29 is 9.45 Å². The number of nitrogens with one attached hydrogen (secondary N) is 1. The number of aryl methyl sites for hydroxylation is 1. The summed E-state index contributed by atoms with van der Waals surface area (Å²) in [7, 11) is 0. The molecule has 0 aliphatic rings. The van der Waals surface area contributed by atoms with E-state index in [1.54, 1.807) is 25.1 Å². The van der Waals surface area contributed by atoms with Crippen molar-refractivity contribution in [3.05, 3.63) is 45.6 Å². The molecule has 0 fully saturated rings. The fourth-order valence-corrected chi connectivity index (χ4v) is 1.88. The first kappa shape index (κ1) is 14.2. The van der Waals surface area contributed by atoms with Gasteiger partial charge < -0.3 is 9.84 Å². The number of hydrogen-bond donors (Lipinski definition) is 1. The summed E-state index contributed by atoms with van der Waals surface area (Å²) in [5.74, 6) is 0.543. The fraction of sp³-hybridized carbons (Fsp3) is 0.357. The number of rotatable bonds is 6. The van der Waals surface area contributed by atoms with E-state index in [9.17, 15) is 10.1 Å². The summed E-state index contributed by atoms with van der Waals surface area (Å²) >= 11 is 0. The Hall–Kier alpha value is -2.21. The van der Waals surface area contributed by atoms with Crippen molar-refractivity contribution in [3.8, 4) is 11.3 Å². The first-order valence-electron chi connectivity index (χ1n) is 6.53. The van der Waals surface area contributed by atoms with Gasteiger partial charge in [-0.25, -0.2) is 0 Å². The molecule has 106 valence electrons. The lowest BCUT2D eigenvalue weighted by atomic mass is 10.1. The molecule has 0 bridgehead atoms. The molecule has 1 N–H and O–H groups in total. The van der Waals surface area contributed by atoms with Gasteiger partial charge in [-0.15, -0.1) is 0 Å². The summed E-state index contributed by atoms with van der Waals surface area (Å²) in [5, 5.41) is 18.1. The van der Waals surface area contributed by atoms with Gasteiger partial charge >= 0.3 is 0 Å². The lowest BCUT2D eigenvalue weighted by Gasteiger charge is -1.99. The minimum absolute atomic E-state index is 0.0876. The summed E-state index contributed by atoms with van der Waals surface area (Å²) in [6.07, 6.45) is 1.05. The highest BCUT2D eigenvalue weighted by atomic mass is 16.6. The summed E-state index contributed by atoms with van der Waals surface area (Å²) in [4.78, 5) is 10.5. The van der Waals surface area contributed by atoms with Crippen LogP contribution in [-0.2, 0) is 6.54 Å². The van der Waals surface area contributed by atoms with Crippen LogP contribution in [0.1, 0.15) is 24.6 Å². The Morgan fingerprint density at radius 3 is 2.90 bits per heavy atom. The van der Waals surface area contributed by atoms with E-state index >= 15 is 0 Å². The Bertz CT molecular complexity index is 607. The van der Waals surface area contributed by atoms with Crippen molar-refractivity contribution in [2.75, 3.05) is 6.54 Å². The highest BCUT2D eigenvalue weighted by Crippen LogP contribution is 2.27. The molecule has 20 heavy (non-hydrogen) atoms. The zero-order valence-corrected chi connectivity index (χ0v) is 11.5. The Morgan fingerprint density at radius 1 is 1.40 bits per heavy atom. The van der Waals surface area contributed by atoms with E-state index < -0.39 is 0 Å². The molecule has 1 aromatic carbocycles. The van der Waals surface area contributed by atoms with E-state index in [1.807, 2.05) is 0 Å². The molecule has 2 rings (SSSR count). The molecule has 6 nitrogen and oxygen atoms in total. The molecule has 0 amide bonds. The van der Waals surface area contributed by atoms with Gasteiger partial charge in [0.2, 0.25) is 0 Å². The Balaban J connectivity index is 2.19. The van der Waals surface area contributed by atoms with Crippen LogP contribution < -0.4 is 5.32 Å². The van der Waals surface area contributed by atoms with Crippen LogP contribution in [0.15, 0.2) is 28.8 Å². The topological polar surface area (TPSA) is 81.2 Å². The van der Waals surface area contributed by atoms with Crippen molar-refractivity contribution in [3.63, 3.8) is 0 Å². The van der Waals surface area contributed by atoms with Crippen LogP contribution in [0, 0.1) is 17.0 Å². The van der Waals surface area contributed by atoms with Gasteiger partial charge in [0.15, 0.2) is 5.76 Å². The van der Waals surface area contributed by atoms with Crippen molar-refractivity contribution >= 4 is 5.69 Å². The molecule has 0 aliphatic carbocycles. The molecular weight excluding hydrogens is 258 g/mol. The van der Waals surface area contributed by atoms with Crippen LogP contribution in [0.2, 0.25) is 0 Å². The maximum Gasteiger partial charge on any atom is 0.273 e. The van der Waals surface area contributed by atoms with Gasteiger partial charge in [0, 0.05) is 29.8 Å². The molecule has 2 aromatic rings. The maximum absolute atomic E-state index is 10.9. The molecule has 0 aliphatic heterocycles. The Labute approximate surface area is 116 Å². The average Bonchev–Trinajstić information content (AvgIpc) is 2.88. The number of aromatic nitrogens is 1. The Kier molecular flexibility index (Phi) is 4.47. The van der Waals surface area contributed by atoms with Gasteiger partial charge in [-0.1, -0.05) is 24.2 Å². The minimum atomic E-state index is -0.390. The first-order valence-corrected chi connectivity index (χ1v) is 6.53. The third kappa shape index (κ3) is 3.21. The summed E-state index contributed by atoms with van der Waals surface area (Å²) in [6.45, 7) is 5.35. The number of nitrogens with zero attached hydrogens (tertiary/aromatic N) is 2. The summed E-state index contributed by atoms with van der Waals surface area (Å²) in [6, 6.07) is 6.83. The van der Waals surface area contributed by atoms with E-state index in [1.165, 1.54) is 6.07 Å². The summed E-state index contributed by atoms with van der Waals surface area (Å²) in [5.41, 5.74) is 2.17. The molecule has 0 atom stereocenters. The van der Waals surface area contributed by atoms with Crippen LogP contribution >= 0.6 is 0 Å². The third-order valence-electron chi connectivity index (χ3n) is 2.98. The Morgan fingerprint density at radius 2 is 2.20 bits per heavy atom. The zero-order chi connectivity index (χ0) is 14.5. The van der Waals surface area contributed by atoms with Crippen molar-refractivity contribution in [2.24, 2.45) is 0 Å². The van der Waals surface area contributed by atoms with E-state index in [0.717, 1.165) is 18.7 Å². The largest absolute Gasteiger partial charge is 0.356 e. The highest BCUT2D eigenvalue weighted by molar-refractivity contribution is 5.62. The van der Waals surface area contributed by atoms with E-state index in [2.05, 4.69) is 17.4 Å². The average molecular weight is 275 g/mol. The summed E-state index contributed by atoms with van der Waals surface area (Å²) < 4.78 is 5.24. The molecular formula is C14H17N3O3. The van der Waals surface area contributed by atoms with Crippen molar-refractivity contribution in [1.82, 2.24) is 10.5 Å². The van der Waals surface area contributed by atoms with Crippen LogP contribution in [0.4, 0.5) is 5.69 Å². The van der Waals surface area contributed by atoms with Crippen LogP contribution in [-0.4, -0.2) is 16.6 Å². The van der Waals surface area contributed by atoms with Gasteiger partial charge in [-0.05, 0) is 19.9 Å². The van der Waals surface area contributed by atoms with E-state index in [0.29, 0.717) is 23.4 Å². The maximum atomic E-state index is 10.9. The normalized spacial score (nSPS) is 10.7. The second-order valence-electron chi connectivity index (χ2n) is 4.62. The number of nitro benzene ring substituents is 1. The molecule has 0 saturated carbocycles. The molecule has 1 heterocycles. The number of nitro groups is 1. The van der Waals surface area contributed by atoms with Gasteiger partial charge in [0.25, 0.3) is 5.69 Å². The van der Waals surface area contributed by atoms with E-state index in [-0.39, 0.29) is 10.6 Å². The molecule has 0 saturated heterocycles. The quantitative estimate of drug-likeness (QED) is 0.498. The molecule has 0 unspecified atom stereocenters. The van der Waals surface area contributed by atoms with Crippen molar-refractivity contribution in [2.45, 2.75) is 26.8 Å². The smallest absolute Gasteiger partial charge is 0.273 e. The molecule has 6 heteroatoms. The monoisotopic (exact) mass is 275 g/mol. The van der Waals surface area contributed by atoms with Gasteiger partial charge in [0.1, 0.15) is 0 Å². The van der Waals surface area contributed by atoms with Crippen LogP contribution in [0.3, 0.4) is 0 Å². The lowest BCUT2D eigenvalue weighted by molar-refractivity contribution is -0.385. The lowest BCUT2D eigenvalue weighted by Crippen LogP contribution is -2.13. The van der Waals surface area contributed by atoms with E-state index in [4.69, 9.17) is 4.52 Å². The molecule has 0 spiro atoms. The van der Waals surface area contributed by atoms with Gasteiger partial charge in [-0.2, -0.15) is 0 Å². The predicted octanol–water partition coefficient (Wildman–Crippen LogP) is 3.06. The minimum Gasteiger partial charge on any atom is -0.356 e. The predicted molar refractivity (Wildman–Crippen MR) is 75.3 cm³/mol. The molecule has 1 aromatic heterocycles. The van der Waals surface area contributed by atoms with Gasteiger partial charge in [-0.3, -0.25) is 10.1 Å². The van der Waals surface area contributed by atoms with Crippen LogP contribution in [0.5, 0.6) is 0 Å². The SMILES string of the molecule is CCCNCc1cc(-c2ccc(C)c([N+](=O)[O-])c2)on1. The standard InChI is InChI=1S/C14H17N3O3/c1-3-6-15-9-12-8-14(20-16-12)11-5-4-10(2)13(7-11)17(18)19/h4-5,7-8,15H,3,6,9H2,1-2H3. The second kappa shape index (κ2) is 6.29. The number of hydrogen-bond acceptors (Lipinski definition) is 5.